The third kappa shape index (κ3) is 1.26. The highest BCUT2D eigenvalue weighted by atomic mass is 16.3. The number of aliphatic hydroxyl groups is 1. The van der Waals surface area contributed by atoms with Crippen molar-refractivity contribution in [1.29, 1.82) is 0 Å². The lowest BCUT2D eigenvalue weighted by Crippen LogP contribution is -2.56. The Morgan fingerprint density at radius 3 is 2.39 bits per heavy atom. The molecule has 0 radical (unpaired) electrons. The molecule has 4 aliphatic rings. The van der Waals surface area contributed by atoms with Crippen molar-refractivity contribution in [3.8, 4) is 0 Å². The van der Waals surface area contributed by atoms with Crippen LogP contribution in [0, 0.1) is 23.7 Å². The number of nitrogens with zero attached hydrogens (tertiary/aromatic N) is 2. The van der Waals surface area contributed by atoms with E-state index < -0.39 is 5.60 Å². The average Bonchev–Trinajstić information content (AvgIpc) is 2.83. The summed E-state index contributed by atoms with van der Waals surface area (Å²) in [4.78, 5) is 0. The minimum atomic E-state index is -0.583. The minimum Gasteiger partial charge on any atom is -0.383 e. The summed E-state index contributed by atoms with van der Waals surface area (Å²) < 4.78 is 2.00. The van der Waals surface area contributed by atoms with E-state index in [9.17, 15) is 5.11 Å². The van der Waals surface area contributed by atoms with Gasteiger partial charge in [0.15, 0.2) is 0 Å². The van der Waals surface area contributed by atoms with Gasteiger partial charge in [-0.2, -0.15) is 5.10 Å². The van der Waals surface area contributed by atoms with E-state index in [1.54, 1.807) is 0 Å². The second kappa shape index (κ2) is 3.60. The molecule has 0 saturated heterocycles. The van der Waals surface area contributed by atoms with Gasteiger partial charge >= 0.3 is 0 Å². The summed E-state index contributed by atoms with van der Waals surface area (Å²) in [5.74, 6) is 2.75. The third-order valence-corrected chi connectivity index (χ3v) is 5.81. The zero-order valence-electron chi connectivity index (χ0n) is 11.0. The molecular formula is C15H22N2O. The van der Waals surface area contributed by atoms with Crippen molar-refractivity contribution in [2.24, 2.45) is 23.7 Å². The van der Waals surface area contributed by atoms with Crippen LogP contribution in [0.3, 0.4) is 0 Å². The van der Waals surface area contributed by atoms with Crippen LogP contribution in [0.5, 0.6) is 0 Å². The van der Waals surface area contributed by atoms with E-state index in [0.29, 0.717) is 11.8 Å². The second-order valence-electron chi connectivity index (χ2n) is 6.66. The van der Waals surface area contributed by atoms with Gasteiger partial charge in [-0.1, -0.05) is 0 Å². The molecule has 3 nitrogen and oxygen atoms in total. The van der Waals surface area contributed by atoms with Gasteiger partial charge in [0.1, 0.15) is 5.60 Å². The first-order valence-electron chi connectivity index (χ1n) is 7.46. The van der Waals surface area contributed by atoms with E-state index in [-0.39, 0.29) is 0 Å². The Bertz CT molecular complexity index is 437. The van der Waals surface area contributed by atoms with Gasteiger partial charge in [0.05, 0.1) is 5.69 Å². The predicted molar refractivity (Wildman–Crippen MR) is 68.8 cm³/mol. The molecule has 1 heterocycles. The van der Waals surface area contributed by atoms with Crippen molar-refractivity contribution in [2.75, 3.05) is 0 Å². The zero-order valence-corrected chi connectivity index (χ0v) is 11.0. The number of rotatable bonds is 2. The van der Waals surface area contributed by atoms with Crippen LogP contribution >= 0.6 is 0 Å². The first-order valence-corrected chi connectivity index (χ1v) is 7.46. The van der Waals surface area contributed by atoms with E-state index in [1.807, 2.05) is 16.9 Å². The molecule has 3 heteroatoms. The molecule has 0 aliphatic heterocycles. The average molecular weight is 246 g/mol. The second-order valence-corrected chi connectivity index (χ2v) is 6.66. The highest BCUT2D eigenvalue weighted by Gasteiger charge is 2.58. The highest BCUT2D eigenvalue weighted by Crippen LogP contribution is 2.61. The summed E-state index contributed by atoms with van der Waals surface area (Å²) in [5.41, 5.74) is 0.499. The Balaban J connectivity index is 1.79. The first-order chi connectivity index (χ1) is 8.71. The molecule has 0 spiro atoms. The maximum absolute atomic E-state index is 11.4. The molecule has 0 atom stereocenters. The molecule has 0 amide bonds. The van der Waals surface area contributed by atoms with Crippen molar-refractivity contribution in [2.45, 2.75) is 51.2 Å². The van der Waals surface area contributed by atoms with Gasteiger partial charge < -0.3 is 5.11 Å². The maximum Gasteiger partial charge on any atom is 0.112 e. The molecule has 5 rings (SSSR count). The zero-order chi connectivity index (χ0) is 12.3. The standard InChI is InChI=1S/C15H22N2O/c1-2-17-14(3-4-16-17)15(18)12-6-10-5-11(8-12)9-13(15)7-10/h3-4,10-13,18H,2,5-9H2,1H3. The SMILES string of the molecule is CCn1nccc1C1(O)C2CC3CC(C2)CC1C3. The van der Waals surface area contributed by atoms with Gasteiger partial charge in [-0.15, -0.1) is 0 Å². The van der Waals surface area contributed by atoms with Crippen LogP contribution in [0.15, 0.2) is 12.3 Å². The van der Waals surface area contributed by atoms with Gasteiger partial charge in [-0.3, -0.25) is 4.68 Å². The Labute approximate surface area is 108 Å². The Morgan fingerprint density at radius 1 is 1.22 bits per heavy atom. The van der Waals surface area contributed by atoms with Crippen molar-refractivity contribution in [1.82, 2.24) is 9.78 Å². The van der Waals surface area contributed by atoms with Crippen LogP contribution in [0.2, 0.25) is 0 Å². The van der Waals surface area contributed by atoms with Crippen molar-refractivity contribution < 1.29 is 5.11 Å². The molecule has 4 fully saturated rings. The van der Waals surface area contributed by atoms with Crippen LogP contribution in [-0.4, -0.2) is 14.9 Å². The Morgan fingerprint density at radius 2 is 1.83 bits per heavy atom. The lowest BCUT2D eigenvalue weighted by molar-refractivity contribution is -0.183. The van der Waals surface area contributed by atoms with Gasteiger partial charge in [-0.25, -0.2) is 0 Å². The molecule has 4 aliphatic carbocycles. The monoisotopic (exact) mass is 246 g/mol. The van der Waals surface area contributed by atoms with Crippen LogP contribution in [0.4, 0.5) is 0 Å². The fourth-order valence-electron chi connectivity index (χ4n) is 5.25. The smallest absolute Gasteiger partial charge is 0.112 e. The van der Waals surface area contributed by atoms with Gasteiger partial charge in [-0.05, 0) is 68.8 Å². The fraction of sp³-hybridized carbons (Fsp3) is 0.800. The summed E-state index contributed by atoms with van der Waals surface area (Å²) in [6, 6.07) is 2.05. The molecule has 1 N–H and O–H groups in total. The Kier molecular flexibility index (Phi) is 2.20. The first kappa shape index (κ1) is 11.0. The molecule has 1 aromatic rings. The molecular weight excluding hydrogens is 224 g/mol. The van der Waals surface area contributed by atoms with Gasteiger partial charge in [0, 0.05) is 12.7 Å². The van der Waals surface area contributed by atoms with E-state index in [2.05, 4.69) is 12.0 Å². The summed E-state index contributed by atoms with van der Waals surface area (Å²) >= 11 is 0. The van der Waals surface area contributed by atoms with Crippen LogP contribution in [0.25, 0.3) is 0 Å². The summed E-state index contributed by atoms with van der Waals surface area (Å²) in [5, 5.41) is 15.8. The van der Waals surface area contributed by atoms with Crippen LogP contribution in [-0.2, 0) is 12.1 Å². The normalized spacial score (nSPS) is 45.7. The van der Waals surface area contributed by atoms with Crippen LogP contribution in [0.1, 0.15) is 44.7 Å². The van der Waals surface area contributed by atoms with Crippen molar-refractivity contribution in [3.63, 3.8) is 0 Å². The number of hydrogen-bond donors (Lipinski definition) is 1. The number of hydrogen-bond acceptors (Lipinski definition) is 2. The lowest BCUT2D eigenvalue weighted by atomic mass is 9.49. The van der Waals surface area contributed by atoms with E-state index >= 15 is 0 Å². The Hall–Kier alpha value is -0.830. The fourth-order valence-corrected chi connectivity index (χ4v) is 5.25. The maximum atomic E-state index is 11.4. The molecule has 4 bridgehead atoms. The molecule has 18 heavy (non-hydrogen) atoms. The quantitative estimate of drug-likeness (QED) is 0.871. The van der Waals surface area contributed by atoms with Gasteiger partial charge in [0.2, 0.25) is 0 Å². The number of aromatic nitrogens is 2. The number of aryl methyl sites for hydroxylation is 1. The van der Waals surface area contributed by atoms with Gasteiger partial charge in [0.25, 0.3) is 0 Å². The minimum absolute atomic E-state index is 0.482. The van der Waals surface area contributed by atoms with E-state index in [1.165, 1.54) is 32.1 Å². The molecule has 0 aromatic carbocycles. The van der Waals surface area contributed by atoms with Crippen molar-refractivity contribution in [3.05, 3.63) is 18.0 Å². The topological polar surface area (TPSA) is 38.0 Å². The summed E-state index contributed by atoms with van der Waals surface area (Å²) in [6.07, 6.45) is 8.21. The highest BCUT2D eigenvalue weighted by molar-refractivity contribution is 5.21. The molecule has 0 unspecified atom stereocenters. The lowest BCUT2D eigenvalue weighted by Gasteiger charge is -2.58. The molecule has 1 aromatic heterocycles. The molecule has 4 saturated carbocycles. The largest absolute Gasteiger partial charge is 0.383 e. The summed E-state index contributed by atoms with van der Waals surface area (Å²) in [6.45, 7) is 2.97. The summed E-state index contributed by atoms with van der Waals surface area (Å²) in [7, 11) is 0. The van der Waals surface area contributed by atoms with Crippen LogP contribution < -0.4 is 0 Å². The molecule has 98 valence electrons. The van der Waals surface area contributed by atoms with E-state index in [4.69, 9.17) is 0 Å². The van der Waals surface area contributed by atoms with E-state index in [0.717, 1.165) is 24.1 Å². The predicted octanol–water partition coefficient (Wildman–Crippen LogP) is 2.55. The third-order valence-electron chi connectivity index (χ3n) is 5.81. The van der Waals surface area contributed by atoms with Crippen molar-refractivity contribution >= 4 is 0 Å².